The van der Waals surface area contributed by atoms with Crippen LogP contribution in [0, 0.1) is 0 Å². The van der Waals surface area contributed by atoms with E-state index >= 15 is 0 Å². The van der Waals surface area contributed by atoms with Crippen LogP contribution in [0.25, 0.3) is 0 Å². The average molecular weight is 424 g/mol. The number of carbonyl (C=O) groups excluding carboxylic acids is 1. The molecule has 3 aromatic rings. The fourth-order valence-corrected chi connectivity index (χ4v) is 5.11. The molecule has 0 saturated heterocycles. The van der Waals surface area contributed by atoms with Gasteiger partial charge < -0.3 is 14.2 Å². The first-order valence-electron chi connectivity index (χ1n) is 9.74. The molecule has 0 fully saturated rings. The van der Waals surface area contributed by atoms with Crippen LogP contribution in [0.5, 0.6) is 11.5 Å². The van der Waals surface area contributed by atoms with Crippen molar-refractivity contribution in [2.75, 3.05) is 13.7 Å². The van der Waals surface area contributed by atoms with Gasteiger partial charge in [-0.05, 0) is 51.1 Å². The lowest BCUT2D eigenvalue weighted by molar-refractivity contribution is -0.157. The highest BCUT2D eigenvalue weighted by atomic mass is 32.2. The van der Waals surface area contributed by atoms with E-state index in [1.807, 2.05) is 75.4 Å². The zero-order valence-electron chi connectivity index (χ0n) is 17.8. The molecule has 3 aromatic carbocycles. The van der Waals surface area contributed by atoms with Gasteiger partial charge in [-0.15, -0.1) is 0 Å². The molecule has 30 heavy (non-hydrogen) atoms. The Hall–Kier alpha value is -2.92. The van der Waals surface area contributed by atoms with Crippen molar-refractivity contribution in [1.82, 2.24) is 0 Å². The number of benzene rings is 3. The summed E-state index contributed by atoms with van der Waals surface area (Å²) in [7, 11) is 1.31. The van der Waals surface area contributed by atoms with Gasteiger partial charge >= 0.3 is 5.97 Å². The first-order chi connectivity index (χ1) is 14.4. The Labute approximate surface area is 181 Å². The molecule has 0 aromatic heterocycles. The predicted molar refractivity (Wildman–Crippen MR) is 119 cm³/mol. The Morgan fingerprint density at radius 3 is 1.93 bits per heavy atom. The molecule has 0 aliphatic rings. The largest absolute Gasteiger partial charge is 0.491 e. The molecule has 0 spiro atoms. The van der Waals surface area contributed by atoms with E-state index in [0.717, 1.165) is 4.90 Å². The second kappa shape index (κ2) is 9.72. The molecule has 0 amide bonds. The molecule has 0 unspecified atom stereocenters. The second-order valence-corrected chi connectivity index (χ2v) is 9.62. The van der Waals surface area contributed by atoms with Gasteiger partial charge in [-0.3, -0.25) is 0 Å². The fraction of sp³-hybridized carbons (Fsp3) is 0.240. The molecular formula is C25H27O4S+. The van der Waals surface area contributed by atoms with Crippen LogP contribution >= 0.6 is 0 Å². The van der Waals surface area contributed by atoms with Crippen molar-refractivity contribution in [1.29, 1.82) is 0 Å². The number of hydrogen-bond donors (Lipinski definition) is 0. The zero-order chi connectivity index (χ0) is 21.6. The molecule has 3 rings (SSSR count). The van der Waals surface area contributed by atoms with Gasteiger partial charge in [0.15, 0.2) is 22.1 Å². The van der Waals surface area contributed by atoms with Crippen LogP contribution < -0.4 is 9.47 Å². The summed E-state index contributed by atoms with van der Waals surface area (Å²) in [5, 5.41) is 0. The topological polar surface area (TPSA) is 44.8 Å². The first kappa shape index (κ1) is 21.8. The van der Waals surface area contributed by atoms with Crippen molar-refractivity contribution < 1.29 is 19.0 Å². The van der Waals surface area contributed by atoms with Crippen LogP contribution in [-0.2, 0) is 20.4 Å². The standard InChI is InChI=1S/C25H27O4S/c1-25(2,3)29-24(26)18-28-19-15-16-23(22(17-19)27-4)30(20-11-7-5-8-12-20)21-13-9-6-10-14-21/h5-17H,18H2,1-4H3/q+1. The normalized spacial score (nSPS) is 11.2. The third kappa shape index (κ3) is 5.80. The monoisotopic (exact) mass is 423 g/mol. The summed E-state index contributed by atoms with van der Waals surface area (Å²) in [5.74, 6) is 0.873. The van der Waals surface area contributed by atoms with Gasteiger partial charge in [0.25, 0.3) is 0 Å². The van der Waals surface area contributed by atoms with Crippen LogP contribution in [0.2, 0.25) is 0 Å². The van der Waals surface area contributed by atoms with E-state index in [-0.39, 0.29) is 17.5 Å². The minimum Gasteiger partial charge on any atom is -0.491 e. The Bertz CT molecular complexity index is 926. The number of ether oxygens (including phenoxy) is 3. The summed E-state index contributed by atoms with van der Waals surface area (Å²) in [6.07, 6.45) is 0. The molecule has 0 atom stereocenters. The lowest BCUT2D eigenvalue weighted by Gasteiger charge is -2.19. The van der Waals surface area contributed by atoms with Crippen LogP contribution in [0.4, 0.5) is 0 Å². The smallest absolute Gasteiger partial charge is 0.344 e. The van der Waals surface area contributed by atoms with Gasteiger partial charge in [0.2, 0.25) is 4.90 Å². The van der Waals surface area contributed by atoms with Crippen LogP contribution in [0.15, 0.2) is 93.5 Å². The Kier molecular flexibility index (Phi) is 7.06. The highest BCUT2D eigenvalue weighted by Crippen LogP contribution is 2.38. The van der Waals surface area contributed by atoms with E-state index in [1.54, 1.807) is 7.11 Å². The van der Waals surface area contributed by atoms with E-state index in [9.17, 15) is 4.79 Å². The molecule has 0 radical (unpaired) electrons. The Morgan fingerprint density at radius 1 is 0.867 bits per heavy atom. The van der Waals surface area contributed by atoms with Gasteiger partial charge in [-0.2, -0.15) is 0 Å². The van der Waals surface area contributed by atoms with Crippen molar-refractivity contribution in [2.45, 2.75) is 41.1 Å². The predicted octanol–water partition coefficient (Wildman–Crippen LogP) is 5.51. The van der Waals surface area contributed by atoms with E-state index < -0.39 is 11.6 Å². The number of rotatable bonds is 7. The third-order valence-electron chi connectivity index (χ3n) is 4.09. The lowest BCUT2D eigenvalue weighted by atomic mass is 10.2. The summed E-state index contributed by atoms with van der Waals surface area (Å²) in [6, 6.07) is 26.4. The van der Waals surface area contributed by atoms with Crippen molar-refractivity contribution in [3.8, 4) is 11.5 Å². The van der Waals surface area contributed by atoms with Gasteiger partial charge in [-0.1, -0.05) is 36.4 Å². The average Bonchev–Trinajstić information content (AvgIpc) is 2.73. The Morgan fingerprint density at radius 2 is 1.43 bits per heavy atom. The molecule has 0 saturated carbocycles. The number of hydrogen-bond acceptors (Lipinski definition) is 4. The third-order valence-corrected chi connectivity index (χ3v) is 6.35. The van der Waals surface area contributed by atoms with Gasteiger partial charge in [0, 0.05) is 12.1 Å². The van der Waals surface area contributed by atoms with E-state index in [1.165, 1.54) is 9.79 Å². The number of carbonyl (C=O) groups is 1. The molecule has 156 valence electrons. The quantitative estimate of drug-likeness (QED) is 0.371. The molecule has 0 N–H and O–H groups in total. The molecule has 4 nitrogen and oxygen atoms in total. The molecule has 5 heteroatoms. The number of esters is 1. The fourth-order valence-electron chi connectivity index (χ4n) is 2.92. The van der Waals surface area contributed by atoms with Gasteiger partial charge in [0.1, 0.15) is 22.2 Å². The van der Waals surface area contributed by atoms with E-state index in [4.69, 9.17) is 14.2 Å². The Balaban J connectivity index is 1.89. The van der Waals surface area contributed by atoms with Crippen LogP contribution in [0.3, 0.4) is 0 Å². The maximum atomic E-state index is 12.0. The maximum absolute atomic E-state index is 12.0. The molecule has 0 aliphatic heterocycles. The van der Waals surface area contributed by atoms with Gasteiger partial charge in [0.05, 0.1) is 7.11 Å². The molecule has 0 heterocycles. The zero-order valence-corrected chi connectivity index (χ0v) is 18.6. The van der Waals surface area contributed by atoms with Crippen molar-refractivity contribution in [3.05, 3.63) is 78.9 Å². The van der Waals surface area contributed by atoms with Crippen molar-refractivity contribution in [3.63, 3.8) is 0 Å². The summed E-state index contributed by atoms with van der Waals surface area (Å²) in [5.41, 5.74) is -0.540. The minimum absolute atomic E-state index is 0.150. The van der Waals surface area contributed by atoms with Crippen LogP contribution in [-0.4, -0.2) is 25.3 Å². The first-order valence-corrected chi connectivity index (χ1v) is 11.0. The summed E-state index contributed by atoms with van der Waals surface area (Å²) >= 11 is 0. The SMILES string of the molecule is COc1cc(OCC(=O)OC(C)(C)C)ccc1[S+](c1ccccc1)c1ccccc1. The van der Waals surface area contributed by atoms with Crippen molar-refractivity contribution in [2.24, 2.45) is 0 Å². The minimum atomic E-state index is -0.540. The van der Waals surface area contributed by atoms with Crippen LogP contribution in [0.1, 0.15) is 20.8 Å². The second-order valence-electron chi connectivity index (χ2n) is 7.62. The summed E-state index contributed by atoms with van der Waals surface area (Å²) < 4.78 is 16.7. The summed E-state index contributed by atoms with van der Waals surface area (Å²) in [6.45, 7) is 5.34. The number of methoxy groups -OCH3 is 1. The van der Waals surface area contributed by atoms with E-state index in [2.05, 4.69) is 24.3 Å². The molecular weight excluding hydrogens is 396 g/mol. The highest BCUT2D eigenvalue weighted by molar-refractivity contribution is 7.97. The van der Waals surface area contributed by atoms with E-state index in [0.29, 0.717) is 11.5 Å². The maximum Gasteiger partial charge on any atom is 0.344 e. The molecule has 0 bridgehead atoms. The van der Waals surface area contributed by atoms with Gasteiger partial charge in [-0.25, -0.2) is 4.79 Å². The highest BCUT2D eigenvalue weighted by Gasteiger charge is 2.32. The van der Waals surface area contributed by atoms with Crippen molar-refractivity contribution >= 4 is 16.9 Å². The lowest BCUT2D eigenvalue weighted by Crippen LogP contribution is -2.27. The molecule has 0 aliphatic carbocycles. The summed E-state index contributed by atoms with van der Waals surface area (Å²) in [4.78, 5) is 15.4.